The molecule has 7 heteroatoms. The van der Waals surface area contributed by atoms with Gasteiger partial charge in [0.05, 0.1) is 34.5 Å². The summed E-state index contributed by atoms with van der Waals surface area (Å²) in [4.78, 5) is 22.7. The van der Waals surface area contributed by atoms with Crippen molar-refractivity contribution in [2.24, 2.45) is 4.99 Å². The number of nitriles is 1. The minimum Gasteiger partial charge on any atom is -0.384 e. The van der Waals surface area contributed by atoms with Crippen molar-refractivity contribution in [3.8, 4) is 6.07 Å². The minimum atomic E-state index is -0.0843. The molecule has 0 saturated carbocycles. The summed E-state index contributed by atoms with van der Waals surface area (Å²) >= 11 is 1.36. The Balaban J connectivity index is 1.68. The average Bonchev–Trinajstić information content (AvgIpc) is 3.15. The molecule has 0 aliphatic carbocycles. The Morgan fingerprint density at radius 3 is 2.40 bits per heavy atom. The van der Waals surface area contributed by atoms with E-state index in [0.29, 0.717) is 34.4 Å². The number of nitrogens with one attached hydrogen (secondary N) is 1. The van der Waals surface area contributed by atoms with E-state index in [1.165, 1.54) is 17.3 Å². The molecule has 35 heavy (non-hydrogen) atoms. The van der Waals surface area contributed by atoms with E-state index in [1.54, 1.807) is 17.0 Å². The molecule has 1 heterocycles. The Hall–Kier alpha value is -4.02. The number of thioether (sulfide) groups is 1. The molecule has 0 radical (unpaired) electrons. The Morgan fingerprint density at radius 2 is 1.74 bits per heavy atom. The lowest BCUT2D eigenvalue weighted by Gasteiger charge is -2.17. The first-order chi connectivity index (χ1) is 17.1. The van der Waals surface area contributed by atoms with Gasteiger partial charge in [0, 0.05) is 26.3 Å². The molecule has 6 nitrogen and oxygen atoms in total. The fourth-order valence-corrected chi connectivity index (χ4v) is 4.77. The van der Waals surface area contributed by atoms with Crippen molar-refractivity contribution in [1.29, 1.82) is 5.26 Å². The van der Waals surface area contributed by atoms with Gasteiger partial charge in [-0.3, -0.25) is 9.69 Å². The number of aliphatic imine (C=N–C) groups is 1. The van der Waals surface area contributed by atoms with Gasteiger partial charge < -0.3 is 10.2 Å². The van der Waals surface area contributed by atoms with Crippen LogP contribution in [0.1, 0.15) is 23.6 Å². The van der Waals surface area contributed by atoms with Crippen molar-refractivity contribution in [1.82, 2.24) is 9.80 Å². The van der Waals surface area contributed by atoms with E-state index in [1.807, 2.05) is 79.7 Å². The van der Waals surface area contributed by atoms with Gasteiger partial charge in [0.25, 0.3) is 5.91 Å². The third kappa shape index (κ3) is 6.11. The topological polar surface area (TPSA) is 71.7 Å². The maximum atomic E-state index is 13.5. The molecule has 3 aromatic rings. The zero-order valence-corrected chi connectivity index (χ0v) is 20.6. The monoisotopic (exact) mass is 481 g/mol. The molecule has 0 bridgehead atoms. The van der Waals surface area contributed by atoms with Gasteiger partial charge in [-0.2, -0.15) is 5.26 Å². The maximum absolute atomic E-state index is 13.5. The highest BCUT2D eigenvalue weighted by Crippen LogP contribution is 2.36. The summed E-state index contributed by atoms with van der Waals surface area (Å²) in [5.41, 5.74) is 4.17. The van der Waals surface area contributed by atoms with Gasteiger partial charge in [0.2, 0.25) is 0 Å². The number of rotatable bonds is 8. The normalized spacial score (nSPS) is 15.5. The predicted molar refractivity (Wildman–Crippen MR) is 143 cm³/mol. The van der Waals surface area contributed by atoms with E-state index in [-0.39, 0.29) is 5.91 Å². The van der Waals surface area contributed by atoms with Gasteiger partial charge in [-0.25, -0.2) is 4.99 Å². The fraction of sp³-hybridized carbons (Fsp3) is 0.179. The lowest BCUT2D eigenvalue weighted by Crippen LogP contribution is -2.28. The van der Waals surface area contributed by atoms with Crippen LogP contribution in [0.4, 0.5) is 11.4 Å². The van der Waals surface area contributed by atoms with Crippen molar-refractivity contribution in [3.63, 3.8) is 0 Å². The van der Waals surface area contributed by atoms with Crippen molar-refractivity contribution < 1.29 is 4.79 Å². The second-order valence-corrected chi connectivity index (χ2v) is 9.15. The highest BCUT2D eigenvalue weighted by molar-refractivity contribution is 8.18. The molecule has 1 N–H and O–H groups in total. The first-order valence-corrected chi connectivity index (χ1v) is 12.3. The number of hydrogen-bond donors (Lipinski definition) is 1. The van der Waals surface area contributed by atoms with Crippen LogP contribution in [0.15, 0.2) is 95.0 Å². The Bertz CT molecular complexity index is 1280. The zero-order valence-electron chi connectivity index (χ0n) is 19.8. The summed E-state index contributed by atoms with van der Waals surface area (Å²) in [7, 11) is 1.96. The molecule has 0 unspecified atom stereocenters. The SMILES string of the molecule is CCNc1ccc(C#N)cc1/N=C1\S/C(=C\N(C)Cc2ccccc2)C(=O)N1Cc1ccccc1. The number of anilines is 1. The minimum absolute atomic E-state index is 0.0843. The molecule has 0 aromatic heterocycles. The van der Waals surface area contributed by atoms with E-state index < -0.39 is 0 Å². The van der Waals surface area contributed by atoms with Gasteiger partial charge in [0.1, 0.15) is 0 Å². The van der Waals surface area contributed by atoms with Gasteiger partial charge in [-0.15, -0.1) is 0 Å². The summed E-state index contributed by atoms with van der Waals surface area (Å²) in [5, 5.41) is 13.3. The molecular formula is C28H27N5OS. The standard InChI is InChI=1S/C28H27N5OS/c1-3-30-24-15-14-23(17-29)16-25(24)31-28-33(19-22-12-8-5-9-13-22)27(34)26(35-28)20-32(2)18-21-10-6-4-7-11-21/h4-16,20,30H,3,18-19H2,1-2H3/b26-20-,31-28-. The van der Waals surface area contributed by atoms with Crippen LogP contribution in [-0.4, -0.2) is 34.5 Å². The van der Waals surface area contributed by atoms with Gasteiger partial charge in [-0.1, -0.05) is 60.7 Å². The largest absolute Gasteiger partial charge is 0.384 e. The van der Waals surface area contributed by atoms with Gasteiger partial charge in [-0.05, 0) is 48.0 Å². The molecule has 1 aliphatic rings. The summed E-state index contributed by atoms with van der Waals surface area (Å²) in [5.74, 6) is -0.0843. The number of carbonyl (C=O) groups excluding carboxylic acids is 1. The maximum Gasteiger partial charge on any atom is 0.268 e. The van der Waals surface area contributed by atoms with Crippen LogP contribution >= 0.6 is 11.8 Å². The third-order valence-electron chi connectivity index (χ3n) is 5.39. The molecule has 4 rings (SSSR count). The van der Waals surface area contributed by atoms with Gasteiger partial charge >= 0.3 is 0 Å². The van der Waals surface area contributed by atoms with Crippen molar-refractivity contribution in [2.75, 3.05) is 18.9 Å². The molecule has 1 aliphatic heterocycles. The molecule has 1 fully saturated rings. The van der Waals surface area contributed by atoms with E-state index in [4.69, 9.17) is 4.99 Å². The van der Waals surface area contributed by atoms with Crippen LogP contribution < -0.4 is 5.32 Å². The second kappa shape index (κ2) is 11.4. The third-order valence-corrected chi connectivity index (χ3v) is 6.39. The molecule has 176 valence electrons. The first-order valence-electron chi connectivity index (χ1n) is 11.4. The number of nitrogens with zero attached hydrogens (tertiary/aromatic N) is 4. The number of hydrogen-bond acceptors (Lipinski definition) is 6. The molecular weight excluding hydrogens is 454 g/mol. The van der Waals surface area contributed by atoms with E-state index in [2.05, 4.69) is 23.5 Å². The lowest BCUT2D eigenvalue weighted by molar-refractivity contribution is -0.122. The summed E-state index contributed by atoms with van der Waals surface area (Å²) in [6.45, 7) is 3.84. The number of benzene rings is 3. The average molecular weight is 482 g/mol. The molecule has 1 saturated heterocycles. The molecule has 0 spiro atoms. The first kappa shape index (κ1) is 24.1. The predicted octanol–water partition coefficient (Wildman–Crippen LogP) is 5.73. The van der Waals surface area contributed by atoms with Crippen LogP contribution in [-0.2, 0) is 17.9 Å². The van der Waals surface area contributed by atoms with Gasteiger partial charge in [0.15, 0.2) is 5.17 Å². The van der Waals surface area contributed by atoms with Crippen LogP contribution in [0, 0.1) is 11.3 Å². The number of carbonyl (C=O) groups is 1. The summed E-state index contributed by atoms with van der Waals surface area (Å²) in [6, 6.07) is 27.6. The Kier molecular flexibility index (Phi) is 7.86. The smallest absolute Gasteiger partial charge is 0.268 e. The quantitative estimate of drug-likeness (QED) is 0.416. The van der Waals surface area contributed by atoms with Crippen molar-refractivity contribution in [3.05, 3.63) is 107 Å². The highest BCUT2D eigenvalue weighted by atomic mass is 32.2. The zero-order chi connectivity index (χ0) is 24.6. The Labute approximate surface area is 210 Å². The van der Waals surface area contributed by atoms with Crippen LogP contribution in [0.25, 0.3) is 0 Å². The van der Waals surface area contributed by atoms with E-state index in [0.717, 1.165) is 17.8 Å². The second-order valence-electron chi connectivity index (χ2n) is 8.14. The summed E-state index contributed by atoms with van der Waals surface area (Å²) < 4.78 is 0. The Morgan fingerprint density at radius 1 is 1.06 bits per heavy atom. The highest BCUT2D eigenvalue weighted by Gasteiger charge is 2.34. The number of amides is 1. The molecule has 0 atom stereocenters. The van der Waals surface area contributed by atoms with Crippen molar-refractivity contribution >= 4 is 34.2 Å². The van der Waals surface area contributed by atoms with Crippen LogP contribution in [0.2, 0.25) is 0 Å². The van der Waals surface area contributed by atoms with Crippen molar-refractivity contribution in [2.45, 2.75) is 20.0 Å². The summed E-state index contributed by atoms with van der Waals surface area (Å²) in [6.07, 6.45) is 1.89. The lowest BCUT2D eigenvalue weighted by atomic mass is 10.2. The number of amidine groups is 1. The molecule has 3 aromatic carbocycles. The van der Waals surface area contributed by atoms with Crippen LogP contribution in [0.3, 0.4) is 0 Å². The van der Waals surface area contributed by atoms with E-state index in [9.17, 15) is 10.1 Å². The molecule has 1 amide bonds. The fourth-order valence-electron chi connectivity index (χ4n) is 3.74. The van der Waals surface area contributed by atoms with E-state index >= 15 is 0 Å². The van der Waals surface area contributed by atoms with Crippen LogP contribution in [0.5, 0.6) is 0 Å².